The lowest BCUT2D eigenvalue weighted by Gasteiger charge is -2.28. The van der Waals surface area contributed by atoms with Gasteiger partial charge < -0.3 is 19.9 Å². The Morgan fingerprint density at radius 3 is 2.50 bits per heavy atom. The molecular formula is C22H28N2O4. The normalized spacial score (nSPS) is 21.5. The van der Waals surface area contributed by atoms with Gasteiger partial charge in [-0.05, 0) is 36.6 Å². The zero-order valence-electron chi connectivity index (χ0n) is 16.4. The summed E-state index contributed by atoms with van der Waals surface area (Å²) in [7, 11) is 1.64. The first-order valence-corrected chi connectivity index (χ1v) is 9.58. The number of aliphatic hydroxyl groups excluding tert-OH is 1. The van der Waals surface area contributed by atoms with Crippen LogP contribution in [0.25, 0.3) is 0 Å². The summed E-state index contributed by atoms with van der Waals surface area (Å²) in [6.45, 7) is 2.77. The molecule has 0 spiro atoms. The van der Waals surface area contributed by atoms with Crippen molar-refractivity contribution < 1.29 is 19.4 Å². The highest BCUT2D eigenvalue weighted by Gasteiger charge is 2.42. The van der Waals surface area contributed by atoms with Crippen LogP contribution in [0.4, 0.5) is 4.79 Å². The minimum atomic E-state index is -0.385. The Labute approximate surface area is 166 Å². The zero-order valence-corrected chi connectivity index (χ0v) is 16.4. The van der Waals surface area contributed by atoms with Gasteiger partial charge in [0.05, 0.1) is 19.8 Å². The molecule has 0 saturated carbocycles. The van der Waals surface area contributed by atoms with Crippen molar-refractivity contribution in [2.24, 2.45) is 0 Å². The van der Waals surface area contributed by atoms with Gasteiger partial charge in [-0.1, -0.05) is 42.5 Å². The maximum Gasteiger partial charge on any atom is 0.410 e. The third-order valence-electron chi connectivity index (χ3n) is 5.22. The number of aliphatic hydroxyl groups is 1. The summed E-state index contributed by atoms with van der Waals surface area (Å²) in [5, 5.41) is 13.4. The summed E-state index contributed by atoms with van der Waals surface area (Å²) < 4.78 is 10.7. The first kappa shape index (κ1) is 20.2. The fourth-order valence-corrected chi connectivity index (χ4v) is 3.69. The minimum absolute atomic E-state index is 0.00575. The first-order chi connectivity index (χ1) is 13.6. The van der Waals surface area contributed by atoms with Crippen molar-refractivity contribution in [2.45, 2.75) is 44.6 Å². The fraction of sp³-hybridized carbons (Fsp3) is 0.409. The van der Waals surface area contributed by atoms with E-state index in [1.165, 1.54) is 0 Å². The Kier molecular flexibility index (Phi) is 6.90. The number of benzene rings is 2. The van der Waals surface area contributed by atoms with E-state index in [4.69, 9.17) is 9.47 Å². The van der Waals surface area contributed by atoms with Crippen molar-refractivity contribution in [3.63, 3.8) is 0 Å². The van der Waals surface area contributed by atoms with Gasteiger partial charge in [-0.25, -0.2) is 4.79 Å². The van der Waals surface area contributed by atoms with Crippen LogP contribution in [0.3, 0.4) is 0 Å². The van der Waals surface area contributed by atoms with Crippen LogP contribution in [-0.2, 0) is 17.9 Å². The standard InChI is InChI=1S/C22H28N2O4/c1-16-12-20(23-13-17-8-10-19(27-2)11-9-17)21(14-25)24(16)22(26)28-15-18-6-4-3-5-7-18/h3-11,16,20-21,23,25H,12-15H2,1-2H3/t16-,20?,21?/m1/s1. The molecular weight excluding hydrogens is 356 g/mol. The largest absolute Gasteiger partial charge is 0.497 e. The number of rotatable bonds is 7. The predicted molar refractivity (Wildman–Crippen MR) is 107 cm³/mol. The van der Waals surface area contributed by atoms with Gasteiger partial charge in [0.15, 0.2) is 0 Å². The smallest absolute Gasteiger partial charge is 0.410 e. The van der Waals surface area contributed by atoms with Gasteiger partial charge in [-0.2, -0.15) is 0 Å². The number of nitrogens with one attached hydrogen (secondary N) is 1. The van der Waals surface area contributed by atoms with Gasteiger partial charge in [0, 0.05) is 18.6 Å². The molecule has 3 atom stereocenters. The summed E-state index contributed by atoms with van der Waals surface area (Å²) in [5.74, 6) is 0.818. The Bertz CT molecular complexity index is 751. The highest BCUT2D eigenvalue weighted by molar-refractivity contribution is 5.69. The molecule has 2 aromatic carbocycles. The molecule has 1 amide bonds. The molecule has 0 bridgehead atoms. The quantitative estimate of drug-likeness (QED) is 0.768. The molecule has 6 heteroatoms. The molecule has 1 saturated heterocycles. The molecule has 2 unspecified atom stereocenters. The molecule has 1 aliphatic rings. The highest BCUT2D eigenvalue weighted by atomic mass is 16.6. The van der Waals surface area contributed by atoms with E-state index in [2.05, 4.69) is 5.32 Å². The van der Waals surface area contributed by atoms with Crippen LogP contribution in [0, 0.1) is 0 Å². The number of carbonyl (C=O) groups excluding carboxylic acids is 1. The average Bonchev–Trinajstić information content (AvgIpc) is 3.06. The Morgan fingerprint density at radius 2 is 1.86 bits per heavy atom. The zero-order chi connectivity index (χ0) is 19.9. The number of hydrogen-bond donors (Lipinski definition) is 2. The van der Waals surface area contributed by atoms with E-state index in [9.17, 15) is 9.90 Å². The number of likely N-dealkylation sites (tertiary alicyclic amines) is 1. The van der Waals surface area contributed by atoms with E-state index in [1.54, 1.807) is 12.0 Å². The third kappa shape index (κ3) is 4.82. The van der Waals surface area contributed by atoms with E-state index in [1.807, 2.05) is 61.5 Å². The van der Waals surface area contributed by atoms with Crippen LogP contribution in [0.2, 0.25) is 0 Å². The Hall–Kier alpha value is -2.57. The summed E-state index contributed by atoms with van der Waals surface area (Å²) in [5.41, 5.74) is 2.06. The van der Waals surface area contributed by atoms with Crippen molar-refractivity contribution in [3.8, 4) is 5.75 Å². The summed E-state index contributed by atoms with van der Waals surface area (Å²) in [6.07, 6.45) is 0.381. The van der Waals surface area contributed by atoms with Gasteiger partial charge in [0.1, 0.15) is 12.4 Å². The monoisotopic (exact) mass is 384 g/mol. The van der Waals surface area contributed by atoms with Crippen LogP contribution in [0.1, 0.15) is 24.5 Å². The van der Waals surface area contributed by atoms with E-state index >= 15 is 0 Å². The van der Waals surface area contributed by atoms with E-state index in [0.717, 1.165) is 23.3 Å². The molecule has 1 heterocycles. The molecule has 28 heavy (non-hydrogen) atoms. The second-order valence-corrected chi connectivity index (χ2v) is 7.12. The maximum absolute atomic E-state index is 12.6. The number of nitrogens with zero attached hydrogens (tertiary/aromatic N) is 1. The molecule has 150 valence electrons. The summed E-state index contributed by atoms with van der Waals surface area (Å²) in [6, 6.07) is 17.1. The fourth-order valence-electron chi connectivity index (χ4n) is 3.69. The predicted octanol–water partition coefficient (Wildman–Crippen LogP) is 2.95. The SMILES string of the molecule is COc1ccc(CNC2C[C@@H](C)N(C(=O)OCc3ccccc3)C2CO)cc1. The van der Waals surface area contributed by atoms with Crippen molar-refractivity contribution in [1.82, 2.24) is 10.2 Å². The van der Waals surface area contributed by atoms with E-state index in [0.29, 0.717) is 6.54 Å². The Balaban J connectivity index is 1.57. The van der Waals surface area contributed by atoms with Crippen molar-refractivity contribution in [2.75, 3.05) is 13.7 Å². The van der Waals surface area contributed by atoms with Crippen LogP contribution >= 0.6 is 0 Å². The summed E-state index contributed by atoms with van der Waals surface area (Å²) in [4.78, 5) is 14.3. The molecule has 0 aliphatic carbocycles. The average molecular weight is 384 g/mol. The lowest BCUT2D eigenvalue weighted by atomic mass is 10.1. The Morgan fingerprint density at radius 1 is 1.14 bits per heavy atom. The molecule has 2 aromatic rings. The lowest BCUT2D eigenvalue weighted by Crippen LogP contribution is -2.48. The molecule has 0 radical (unpaired) electrons. The number of methoxy groups -OCH3 is 1. The van der Waals surface area contributed by atoms with Crippen LogP contribution in [-0.4, -0.2) is 47.9 Å². The van der Waals surface area contributed by atoms with Crippen LogP contribution in [0.5, 0.6) is 5.75 Å². The number of amides is 1. The third-order valence-corrected chi connectivity index (χ3v) is 5.22. The number of carbonyl (C=O) groups is 1. The van der Waals surface area contributed by atoms with E-state index in [-0.39, 0.29) is 37.4 Å². The minimum Gasteiger partial charge on any atom is -0.497 e. The summed E-state index contributed by atoms with van der Waals surface area (Å²) >= 11 is 0. The number of ether oxygens (including phenoxy) is 2. The first-order valence-electron chi connectivity index (χ1n) is 9.58. The van der Waals surface area contributed by atoms with Crippen LogP contribution < -0.4 is 10.1 Å². The topological polar surface area (TPSA) is 71.0 Å². The molecule has 2 N–H and O–H groups in total. The van der Waals surface area contributed by atoms with Gasteiger partial charge >= 0.3 is 6.09 Å². The van der Waals surface area contributed by atoms with E-state index < -0.39 is 0 Å². The van der Waals surface area contributed by atoms with Gasteiger partial charge in [0.25, 0.3) is 0 Å². The maximum atomic E-state index is 12.6. The molecule has 1 aliphatic heterocycles. The number of hydrogen-bond acceptors (Lipinski definition) is 5. The molecule has 0 aromatic heterocycles. The lowest BCUT2D eigenvalue weighted by molar-refractivity contribution is 0.0642. The van der Waals surface area contributed by atoms with Crippen LogP contribution in [0.15, 0.2) is 54.6 Å². The molecule has 6 nitrogen and oxygen atoms in total. The van der Waals surface area contributed by atoms with Gasteiger partial charge in [-0.15, -0.1) is 0 Å². The van der Waals surface area contributed by atoms with Crippen molar-refractivity contribution >= 4 is 6.09 Å². The second kappa shape index (κ2) is 9.57. The van der Waals surface area contributed by atoms with Gasteiger partial charge in [0.2, 0.25) is 0 Å². The highest BCUT2D eigenvalue weighted by Crippen LogP contribution is 2.26. The van der Waals surface area contributed by atoms with Gasteiger partial charge in [-0.3, -0.25) is 4.90 Å². The van der Waals surface area contributed by atoms with Crippen molar-refractivity contribution in [1.29, 1.82) is 0 Å². The second-order valence-electron chi connectivity index (χ2n) is 7.12. The molecule has 1 fully saturated rings. The molecule has 3 rings (SSSR count). The van der Waals surface area contributed by atoms with Crippen molar-refractivity contribution in [3.05, 3.63) is 65.7 Å².